The quantitative estimate of drug-likeness (QED) is 0.862. The fourth-order valence-electron chi connectivity index (χ4n) is 4.01. The van der Waals surface area contributed by atoms with Crippen molar-refractivity contribution in [2.45, 2.75) is 51.6 Å². The average molecular weight is 371 g/mol. The standard InChI is InChI=1S/C21H29N3O3/c1-3-19(25)23-11-9-18(10-12-23)22-21(27)17-13-20(26)24(14-17)15(2)16-7-5-4-6-8-16/h4-8,15,17-18H,3,9-14H2,1-2H3,(H,22,27). The summed E-state index contributed by atoms with van der Waals surface area (Å²) in [5, 5.41) is 3.10. The number of carbonyl (C=O) groups excluding carboxylic acids is 3. The van der Waals surface area contributed by atoms with Crippen LogP contribution in [0.15, 0.2) is 30.3 Å². The number of nitrogens with zero attached hydrogens (tertiary/aromatic N) is 2. The maximum absolute atomic E-state index is 12.7. The molecule has 6 heteroatoms. The van der Waals surface area contributed by atoms with Gasteiger partial charge in [-0.15, -0.1) is 0 Å². The van der Waals surface area contributed by atoms with Crippen molar-refractivity contribution in [3.63, 3.8) is 0 Å². The molecule has 3 amide bonds. The molecule has 27 heavy (non-hydrogen) atoms. The highest BCUT2D eigenvalue weighted by molar-refractivity contribution is 5.89. The smallest absolute Gasteiger partial charge is 0.225 e. The van der Waals surface area contributed by atoms with E-state index in [4.69, 9.17) is 0 Å². The molecule has 1 aromatic rings. The molecule has 2 unspecified atom stereocenters. The Hall–Kier alpha value is -2.37. The molecule has 2 atom stereocenters. The van der Waals surface area contributed by atoms with Crippen molar-refractivity contribution in [3.8, 4) is 0 Å². The van der Waals surface area contributed by atoms with E-state index in [1.54, 1.807) is 0 Å². The van der Waals surface area contributed by atoms with Gasteiger partial charge < -0.3 is 15.1 Å². The molecule has 2 aliphatic heterocycles. The molecule has 2 saturated heterocycles. The van der Waals surface area contributed by atoms with E-state index >= 15 is 0 Å². The maximum Gasteiger partial charge on any atom is 0.225 e. The fourth-order valence-corrected chi connectivity index (χ4v) is 4.01. The maximum atomic E-state index is 12.7. The van der Waals surface area contributed by atoms with Gasteiger partial charge in [0.1, 0.15) is 0 Å². The number of amides is 3. The zero-order valence-electron chi connectivity index (χ0n) is 16.2. The summed E-state index contributed by atoms with van der Waals surface area (Å²) in [5.74, 6) is -0.119. The predicted molar refractivity (Wildman–Crippen MR) is 103 cm³/mol. The summed E-state index contributed by atoms with van der Waals surface area (Å²) < 4.78 is 0. The third kappa shape index (κ3) is 4.49. The van der Waals surface area contributed by atoms with E-state index in [9.17, 15) is 14.4 Å². The van der Waals surface area contributed by atoms with E-state index in [0.717, 1.165) is 18.4 Å². The first-order valence-corrected chi connectivity index (χ1v) is 9.92. The van der Waals surface area contributed by atoms with Gasteiger partial charge in [-0.25, -0.2) is 0 Å². The van der Waals surface area contributed by atoms with Crippen LogP contribution in [0, 0.1) is 5.92 Å². The van der Waals surface area contributed by atoms with Gasteiger partial charge in [-0.1, -0.05) is 37.3 Å². The van der Waals surface area contributed by atoms with Gasteiger partial charge in [-0.2, -0.15) is 0 Å². The molecule has 0 aromatic heterocycles. The lowest BCUT2D eigenvalue weighted by Crippen LogP contribution is -2.48. The van der Waals surface area contributed by atoms with Crippen molar-refractivity contribution >= 4 is 17.7 Å². The fraction of sp³-hybridized carbons (Fsp3) is 0.571. The number of carbonyl (C=O) groups is 3. The summed E-state index contributed by atoms with van der Waals surface area (Å²) in [6.07, 6.45) is 2.36. The second-order valence-corrected chi connectivity index (χ2v) is 7.55. The Morgan fingerprint density at radius 2 is 1.85 bits per heavy atom. The molecule has 0 spiro atoms. The van der Waals surface area contributed by atoms with Gasteiger partial charge in [-0.05, 0) is 25.3 Å². The van der Waals surface area contributed by atoms with Gasteiger partial charge >= 0.3 is 0 Å². The molecule has 146 valence electrons. The molecule has 1 aromatic carbocycles. The Balaban J connectivity index is 1.52. The van der Waals surface area contributed by atoms with Gasteiger partial charge in [0.05, 0.1) is 12.0 Å². The average Bonchev–Trinajstić information content (AvgIpc) is 3.10. The Labute approximate surface area is 160 Å². The first kappa shape index (κ1) is 19.4. The van der Waals surface area contributed by atoms with Crippen molar-refractivity contribution in [3.05, 3.63) is 35.9 Å². The molecule has 3 rings (SSSR count). The largest absolute Gasteiger partial charge is 0.353 e. The van der Waals surface area contributed by atoms with E-state index < -0.39 is 0 Å². The third-order valence-electron chi connectivity index (χ3n) is 5.78. The molecular weight excluding hydrogens is 342 g/mol. The first-order valence-electron chi connectivity index (χ1n) is 9.92. The number of nitrogens with one attached hydrogen (secondary N) is 1. The SMILES string of the molecule is CCC(=O)N1CCC(NC(=O)C2CC(=O)N(C(C)c3ccccc3)C2)CC1. The Morgan fingerprint density at radius 1 is 1.19 bits per heavy atom. The van der Waals surface area contributed by atoms with Crippen molar-refractivity contribution in [1.29, 1.82) is 0 Å². The second-order valence-electron chi connectivity index (χ2n) is 7.55. The Morgan fingerprint density at radius 3 is 2.48 bits per heavy atom. The lowest BCUT2D eigenvalue weighted by molar-refractivity contribution is -0.132. The van der Waals surface area contributed by atoms with Crippen molar-refractivity contribution in [1.82, 2.24) is 15.1 Å². The molecule has 2 fully saturated rings. The number of hydrogen-bond acceptors (Lipinski definition) is 3. The van der Waals surface area contributed by atoms with Crippen molar-refractivity contribution in [2.75, 3.05) is 19.6 Å². The molecule has 0 radical (unpaired) electrons. The lowest BCUT2D eigenvalue weighted by Gasteiger charge is -2.32. The van der Waals surface area contributed by atoms with E-state index in [-0.39, 0.29) is 42.1 Å². The molecule has 2 aliphatic rings. The van der Waals surface area contributed by atoms with E-state index in [1.165, 1.54) is 0 Å². The first-order chi connectivity index (χ1) is 13.0. The number of hydrogen-bond donors (Lipinski definition) is 1. The number of likely N-dealkylation sites (tertiary alicyclic amines) is 2. The summed E-state index contributed by atoms with van der Waals surface area (Å²) in [4.78, 5) is 40.5. The highest BCUT2D eigenvalue weighted by Gasteiger charge is 2.37. The summed E-state index contributed by atoms with van der Waals surface area (Å²) in [7, 11) is 0. The molecule has 0 saturated carbocycles. The highest BCUT2D eigenvalue weighted by atomic mass is 16.2. The number of benzene rings is 1. The third-order valence-corrected chi connectivity index (χ3v) is 5.78. The number of piperidine rings is 1. The van der Waals surface area contributed by atoms with Crippen LogP contribution in [0.25, 0.3) is 0 Å². The van der Waals surface area contributed by atoms with Crippen LogP contribution in [0.1, 0.15) is 51.1 Å². The predicted octanol–water partition coefficient (Wildman–Crippen LogP) is 2.11. The molecule has 6 nitrogen and oxygen atoms in total. The molecule has 1 N–H and O–H groups in total. The zero-order valence-corrected chi connectivity index (χ0v) is 16.2. The van der Waals surface area contributed by atoms with Crippen LogP contribution in [-0.2, 0) is 14.4 Å². The number of rotatable bonds is 5. The van der Waals surface area contributed by atoms with E-state index in [0.29, 0.717) is 26.1 Å². The van der Waals surface area contributed by atoms with Crippen LogP contribution in [0.5, 0.6) is 0 Å². The molecule has 0 aliphatic carbocycles. The molecule has 0 bridgehead atoms. The van der Waals surface area contributed by atoms with Gasteiger partial charge in [-0.3, -0.25) is 14.4 Å². The molecular formula is C21H29N3O3. The van der Waals surface area contributed by atoms with Crippen LogP contribution in [-0.4, -0.2) is 53.2 Å². The van der Waals surface area contributed by atoms with Gasteiger partial charge in [0.15, 0.2) is 0 Å². The monoisotopic (exact) mass is 371 g/mol. The van der Waals surface area contributed by atoms with Crippen LogP contribution in [0.2, 0.25) is 0 Å². The van der Waals surface area contributed by atoms with E-state index in [1.807, 2.05) is 54.0 Å². The highest BCUT2D eigenvalue weighted by Crippen LogP contribution is 2.28. The Kier molecular flexibility index (Phi) is 6.14. The summed E-state index contributed by atoms with van der Waals surface area (Å²) in [6, 6.07) is 9.97. The van der Waals surface area contributed by atoms with E-state index in [2.05, 4.69) is 5.32 Å². The lowest BCUT2D eigenvalue weighted by atomic mass is 10.0. The second kappa shape index (κ2) is 8.55. The van der Waals surface area contributed by atoms with Crippen LogP contribution < -0.4 is 5.32 Å². The minimum absolute atomic E-state index is 0.0280. The van der Waals surface area contributed by atoms with Gasteiger partial charge in [0.25, 0.3) is 0 Å². The van der Waals surface area contributed by atoms with Crippen molar-refractivity contribution < 1.29 is 14.4 Å². The minimum atomic E-state index is -0.293. The van der Waals surface area contributed by atoms with Crippen LogP contribution in [0.4, 0.5) is 0 Å². The summed E-state index contributed by atoms with van der Waals surface area (Å²) in [5.41, 5.74) is 1.08. The minimum Gasteiger partial charge on any atom is -0.353 e. The normalized spacial score (nSPS) is 22.0. The van der Waals surface area contributed by atoms with Crippen LogP contribution in [0.3, 0.4) is 0 Å². The van der Waals surface area contributed by atoms with Gasteiger partial charge in [0, 0.05) is 38.5 Å². The molecule has 2 heterocycles. The van der Waals surface area contributed by atoms with Crippen molar-refractivity contribution in [2.24, 2.45) is 5.92 Å². The van der Waals surface area contributed by atoms with Gasteiger partial charge in [0.2, 0.25) is 17.7 Å². The topological polar surface area (TPSA) is 69.7 Å². The van der Waals surface area contributed by atoms with Crippen LogP contribution >= 0.6 is 0 Å². The summed E-state index contributed by atoms with van der Waals surface area (Å²) in [6.45, 7) is 5.73. The summed E-state index contributed by atoms with van der Waals surface area (Å²) >= 11 is 0. The Bertz CT molecular complexity index is 683. The zero-order chi connectivity index (χ0) is 19.4.